The molecule has 4 N–H and O–H groups in total. The van der Waals surface area contributed by atoms with E-state index in [0.29, 0.717) is 25.9 Å². The summed E-state index contributed by atoms with van der Waals surface area (Å²) in [5, 5.41) is 8.32. The van der Waals surface area contributed by atoms with Gasteiger partial charge in [-0.2, -0.15) is 0 Å². The van der Waals surface area contributed by atoms with Crippen molar-refractivity contribution in [2.75, 3.05) is 20.1 Å². The molecule has 0 bridgehead atoms. The van der Waals surface area contributed by atoms with Crippen molar-refractivity contribution in [2.45, 2.75) is 19.3 Å². The number of nitrogens with one attached hydrogen (secondary N) is 4. The van der Waals surface area contributed by atoms with Crippen LogP contribution in [0.15, 0.2) is 29.4 Å². The second-order valence-electron chi connectivity index (χ2n) is 4.54. The van der Waals surface area contributed by atoms with E-state index in [1.165, 1.54) is 0 Å². The topological polar surface area (TPSA) is 111 Å². The van der Waals surface area contributed by atoms with Gasteiger partial charge in [0.05, 0.1) is 6.33 Å². The first-order valence-electron chi connectivity index (χ1n) is 6.99. The van der Waals surface area contributed by atoms with E-state index in [-0.39, 0.29) is 18.2 Å². The Labute approximate surface area is 129 Å². The molecule has 0 spiro atoms. The Morgan fingerprint density at radius 3 is 2.68 bits per heavy atom. The number of carbonyl (C=O) groups is 2. The second kappa shape index (κ2) is 10.1. The average molecular weight is 306 g/mol. The van der Waals surface area contributed by atoms with E-state index in [0.717, 1.165) is 11.4 Å². The quantitative estimate of drug-likeness (QED) is 0.352. The van der Waals surface area contributed by atoms with Gasteiger partial charge in [0.1, 0.15) is 6.42 Å². The maximum atomic E-state index is 11.6. The number of carbonyl (C=O) groups excluding carboxylic acids is 2. The maximum Gasteiger partial charge on any atom is 0.229 e. The summed E-state index contributed by atoms with van der Waals surface area (Å²) in [6.07, 6.45) is 5.95. The molecule has 0 saturated heterocycles. The fourth-order valence-corrected chi connectivity index (χ4v) is 1.73. The van der Waals surface area contributed by atoms with Crippen LogP contribution in [0.4, 0.5) is 0 Å². The van der Waals surface area contributed by atoms with Crippen LogP contribution in [0.25, 0.3) is 0 Å². The molecule has 0 radical (unpaired) electrons. The molecule has 8 nitrogen and oxygen atoms in total. The smallest absolute Gasteiger partial charge is 0.229 e. The lowest BCUT2D eigenvalue weighted by atomic mass is 10.3. The third-order valence-electron chi connectivity index (χ3n) is 2.88. The number of aromatic amines is 1. The van der Waals surface area contributed by atoms with Crippen LogP contribution < -0.4 is 16.0 Å². The second-order valence-corrected chi connectivity index (χ2v) is 4.54. The first kappa shape index (κ1) is 17.4. The summed E-state index contributed by atoms with van der Waals surface area (Å²) in [4.78, 5) is 33.7. The molecule has 22 heavy (non-hydrogen) atoms. The number of H-pyrrole nitrogens is 1. The Morgan fingerprint density at radius 1 is 1.36 bits per heavy atom. The highest BCUT2D eigenvalue weighted by Crippen LogP contribution is 1.95. The lowest BCUT2D eigenvalue weighted by molar-refractivity contribution is -0.129. The van der Waals surface area contributed by atoms with E-state index >= 15 is 0 Å². The molecule has 8 heteroatoms. The van der Waals surface area contributed by atoms with Crippen molar-refractivity contribution in [2.24, 2.45) is 4.99 Å². The summed E-state index contributed by atoms with van der Waals surface area (Å²) in [6, 6.07) is 0. The van der Waals surface area contributed by atoms with Crippen molar-refractivity contribution >= 4 is 18.5 Å². The predicted molar refractivity (Wildman–Crippen MR) is 84.2 cm³/mol. The number of amides is 2. The van der Waals surface area contributed by atoms with Crippen LogP contribution in [-0.4, -0.2) is 48.6 Å². The van der Waals surface area contributed by atoms with Crippen LogP contribution in [0, 0.1) is 0 Å². The van der Waals surface area contributed by atoms with Crippen LogP contribution in [0.3, 0.4) is 0 Å². The Bertz CT molecular complexity index is 509. The summed E-state index contributed by atoms with van der Waals surface area (Å²) in [6.45, 7) is 4.26. The molecule has 120 valence electrons. The van der Waals surface area contributed by atoms with Crippen LogP contribution in [0.5, 0.6) is 0 Å². The van der Waals surface area contributed by atoms with Crippen LogP contribution in [-0.2, 0) is 16.0 Å². The fraction of sp³-hybridized carbons (Fsp3) is 0.429. The Hall–Kier alpha value is -2.64. The van der Waals surface area contributed by atoms with Crippen LogP contribution >= 0.6 is 0 Å². The molecule has 1 rings (SSSR count). The molecule has 1 aromatic rings. The standard InChI is InChI=1S/C14H22N6O2/c1-15-8-11(16-2)3-5-18-13(21)7-14(22)19-6-4-12-9-17-10-20-12/h8-10,16H,1,3-7H2,2H3,(H,17,20)(H,18,21)(H,19,22)/b11-8-. The van der Waals surface area contributed by atoms with Crippen LogP contribution in [0.2, 0.25) is 0 Å². The average Bonchev–Trinajstić information content (AvgIpc) is 2.99. The molecule has 2 amide bonds. The van der Waals surface area contributed by atoms with Gasteiger partial charge < -0.3 is 20.9 Å². The molecule has 0 unspecified atom stereocenters. The monoisotopic (exact) mass is 306 g/mol. The first-order valence-corrected chi connectivity index (χ1v) is 6.99. The van der Waals surface area contributed by atoms with Crippen molar-refractivity contribution < 1.29 is 9.59 Å². The molecule has 0 aromatic carbocycles. The number of rotatable bonds is 10. The Morgan fingerprint density at radius 2 is 2.09 bits per heavy atom. The van der Waals surface area contributed by atoms with Crippen LogP contribution in [0.1, 0.15) is 18.5 Å². The molecule has 1 heterocycles. The van der Waals surface area contributed by atoms with Crippen molar-refractivity contribution in [3.8, 4) is 0 Å². The van der Waals surface area contributed by atoms with Gasteiger partial charge in [-0.1, -0.05) is 0 Å². The van der Waals surface area contributed by atoms with E-state index in [1.54, 1.807) is 25.8 Å². The SMILES string of the molecule is C=N/C=C(/CCNC(=O)CC(=O)NCCc1cnc[nH]1)NC. The van der Waals surface area contributed by atoms with Gasteiger partial charge in [-0.15, -0.1) is 0 Å². The number of aliphatic imine (C=N–C) groups is 1. The summed E-state index contributed by atoms with van der Waals surface area (Å²) in [5.74, 6) is -0.602. The zero-order valence-corrected chi connectivity index (χ0v) is 12.7. The van der Waals surface area contributed by atoms with E-state index in [1.807, 2.05) is 0 Å². The fourth-order valence-electron chi connectivity index (χ4n) is 1.73. The summed E-state index contributed by atoms with van der Waals surface area (Å²) in [5.41, 5.74) is 1.80. The number of aromatic nitrogens is 2. The molecule has 0 fully saturated rings. The first-order chi connectivity index (χ1) is 10.7. The number of nitrogens with zero attached hydrogens (tertiary/aromatic N) is 2. The minimum atomic E-state index is -0.305. The minimum Gasteiger partial charge on any atom is -0.390 e. The maximum absolute atomic E-state index is 11.6. The minimum absolute atomic E-state index is 0.179. The van der Waals surface area contributed by atoms with E-state index < -0.39 is 0 Å². The Balaban J connectivity index is 2.14. The van der Waals surface area contributed by atoms with E-state index in [2.05, 4.69) is 37.6 Å². The molecule has 0 aliphatic heterocycles. The van der Waals surface area contributed by atoms with Gasteiger partial charge >= 0.3 is 0 Å². The van der Waals surface area contributed by atoms with Gasteiger partial charge in [0.25, 0.3) is 0 Å². The predicted octanol–water partition coefficient (Wildman–Crippen LogP) is -0.274. The largest absolute Gasteiger partial charge is 0.390 e. The van der Waals surface area contributed by atoms with Gasteiger partial charge in [-0.05, 0) is 6.72 Å². The lowest BCUT2D eigenvalue weighted by Crippen LogP contribution is -2.33. The van der Waals surface area contributed by atoms with E-state index in [9.17, 15) is 9.59 Å². The molecule has 0 aliphatic rings. The summed E-state index contributed by atoms with van der Waals surface area (Å²) >= 11 is 0. The van der Waals surface area contributed by atoms with Gasteiger partial charge in [-0.3, -0.25) is 14.6 Å². The van der Waals surface area contributed by atoms with Gasteiger partial charge in [0.2, 0.25) is 11.8 Å². The highest BCUT2D eigenvalue weighted by molar-refractivity contribution is 5.96. The van der Waals surface area contributed by atoms with Gasteiger partial charge in [-0.25, -0.2) is 4.98 Å². The third kappa shape index (κ3) is 7.22. The zero-order valence-electron chi connectivity index (χ0n) is 12.7. The molecule has 0 aliphatic carbocycles. The number of imidazole rings is 1. The summed E-state index contributed by atoms with van der Waals surface area (Å²) < 4.78 is 0. The highest BCUT2D eigenvalue weighted by atomic mass is 16.2. The van der Waals surface area contributed by atoms with E-state index in [4.69, 9.17) is 0 Å². The van der Waals surface area contributed by atoms with Crippen molar-refractivity contribution in [3.05, 3.63) is 30.1 Å². The molecular weight excluding hydrogens is 284 g/mol. The molecule has 1 aromatic heterocycles. The molecule has 0 atom stereocenters. The van der Waals surface area contributed by atoms with Crippen molar-refractivity contribution in [3.63, 3.8) is 0 Å². The lowest BCUT2D eigenvalue weighted by Gasteiger charge is -2.08. The Kier molecular flexibility index (Phi) is 8.02. The zero-order chi connectivity index (χ0) is 16.2. The highest BCUT2D eigenvalue weighted by Gasteiger charge is 2.08. The summed E-state index contributed by atoms with van der Waals surface area (Å²) in [7, 11) is 1.77. The van der Waals surface area contributed by atoms with Gasteiger partial charge in [0, 0.05) is 56.8 Å². The van der Waals surface area contributed by atoms with Crippen molar-refractivity contribution in [1.82, 2.24) is 25.9 Å². The number of hydrogen-bond acceptors (Lipinski definition) is 5. The molecular formula is C14H22N6O2. The third-order valence-corrected chi connectivity index (χ3v) is 2.88. The number of hydrogen-bond donors (Lipinski definition) is 4. The van der Waals surface area contributed by atoms with Crippen molar-refractivity contribution in [1.29, 1.82) is 0 Å². The molecule has 0 saturated carbocycles. The van der Waals surface area contributed by atoms with Gasteiger partial charge in [0.15, 0.2) is 0 Å². The normalized spacial score (nSPS) is 10.9.